The summed E-state index contributed by atoms with van der Waals surface area (Å²) >= 11 is 0.964. The fourth-order valence-electron chi connectivity index (χ4n) is 6.95. The summed E-state index contributed by atoms with van der Waals surface area (Å²) < 4.78 is 61.2. The van der Waals surface area contributed by atoms with Gasteiger partial charge in [0.25, 0.3) is 0 Å². The molecule has 0 saturated carbocycles. The minimum absolute atomic E-state index is 0. The Bertz CT molecular complexity index is 1660. The molecule has 0 saturated heterocycles. The third kappa shape index (κ3) is 24.2. The van der Waals surface area contributed by atoms with Crippen molar-refractivity contribution in [2.75, 3.05) is 38.1 Å². The van der Waals surface area contributed by atoms with Crippen molar-refractivity contribution in [2.24, 2.45) is 0 Å². The smallest absolute Gasteiger partial charge is 0.746 e. The van der Waals surface area contributed by atoms with Crippen LogP contribution in [0.4, 0.5) is 0 Å². The largest absolute Gasteiger partial charge is 1.00 e. The fraction of sp³-hybridized carbons (Fsp3) is 0.591. The second kappa shape index (κ2) is 30.7. The van der Waals surface area contributed by atoms with Crippen molar-refractivity contribution in [1.82, 2.24) is 0 Å². The molecule has 320 valence electrons. The summed E-state index contributed by atoms with van der Waals surface area (Å²) in [6.07, 6.45) is 8.31. The fourth-order valence-corrected chi connectivity index (χ4v) is 8.82. The van der Waals surface area contributed by atoms with E-state index < -0.39 is 24.1 Å². The Morgan fingerprint density at radius 3 is 1.98 bits per heavy atom. The van der Waals surface area contributed by atoms with E-state index in [0.29, 0.717) is 37.7 Å². The minimum atomic E-state index is -4.40. The van der Waals surface area contributed by atoms with E-state index >= 15 is 0 Å². The molecule has 0 bridgehead atoms. The van der Waals surface area contributed by atoms with Gasteiger partial charge in [-0.1, -0.05) is 101 Å². The van der Waals surface area contributed by atoms with E-state index in [-0.39, 0.29) is 62.3 Å². The monoisotopic (exact) mass is 860 g/mol. The summed E-state index contributed by atoms with van der Waals surface area (Å²) in [5.41, 5.74) is 4.73. The maximum atomic E-state index is 10.9. The van der Waals surface area contributed by atoms with E-state index in [0.717, 1.165) is 80.7 Å². The van der Waals surface area contributed by atoms with Crippen LogP contribution >= 0.6 is 12.0 Å². The second-order valence-electron chi connectivity index (χ2n) is 16.1. The Hall–Kier alpha value is -1.27. The van der Waals surface area contributed by atoms with Crippen LogP contribution in [0.15, 0.2) is 72.8 Å². The molecule has 0 radical (unpaired) electrons. The minimum Gasteiger partial charge on any atom is -0.746 e. The van der Waals surface area contributed by atoms with Gasteiger partial charge in [0.05, 0.1) is 32.5 Å². The molecule has 15 heteroatoms. The molecule has 3 rings (SSSR count). The van der Waals surface area contributed by atoms with Gasteiger partial charge in [0, 0.05) is 31.8 Å². The Morgan fingerprint density at radius 2 is 1.37 bits per heavy atom. The van der Waals surface area contributed by atoms with Gasteiger partial charge in [0.2, 0.25) is 0 Å². The number of benzene rings is 3. The molecule has 59 heavy (non-hydrogen) atoms. The first-order chi connectivity index (χ1) is 27.3. The molecule has 0 amide bonds. The molecular formula is C44H66Li2O10S2Si. The van der Waals surface area contributed by atoms with Crippen molar-refractivity contribution in [2.45, 2.75) is 128 Å². The van der Waals surface area contributed by atoms with Crippen molar-refractivity contribution in [1.29, 1.82) is 0 Å². The number of hydrogen-bond acceptors (Lipinski definition) is 11. The standard InChI is InChI=1S/C44H68O10S2Si.2Li/c1-7-42(8-2)52-33-41(40-20-12-22-44(32-40)50-24-13-27-55-54-53-45)30-38(39-19-11-21-43(31-39)51-25-14-28-57(4,5)6)18-9-15-35(3)37-17-10-16-36(29-37)23-26-49-34-56(46,47)48;;/h10-12,16-17,19-22,29,31-32,35,38,41-42,45H,7-9,13-15,18,23-28,30,33-34H2,1-6H3,(H,46,47,48);;/q;2*+1/p-2. The van der Waals surface area contributed by atoms with Crippen molar-refractivity contribution >= 4 is 30.2 Å². The van der Waals surface area contributed by atoms with Crippen LogP contribution in [0.25, 0.3) is 0 Å². The molecule has 10 nitrogen and oxygen atoms in total. The van der Waals surface area contributed by atoms with Gasteiger partial charge in [0.1, 0.15) is 27.6 Å². The van der Waals surface area contributed by atoms with E-state index in [1.54, 1.807) is 0 Å². The first-order valence-corrected chi connectivity index (χ1v) is 26.7. The van der Waals surface area contributed by atoms with Gasteiger partial charge in [-0.3, -0.25) is 5.04 Å². The Labute approximate surface area is 384 Å². The SMILES string of the molecule is CCC(CC)OCC(CC(CCCC(C)c1cccc(CCOCS(=O)(=O)[O-])c1)c1cccc(OCCC[Si](C)(C)C)c1)c1cccc(OCCCSOO[O-])c1.[Li+].[Li+]. The van der Waals surface area contributed by atoms with Crippen LogP contribution in [0.3, 0.4) is 0 Å². The molecule has 0 aliphatic heterocycles. The summed E-state index contributed by atoms with van der Waals surface area (Å²) in [5, 5.41) is 13.5. The van der Waals surface area contributed by atoms with Gasteiger partial charge in [-0.05, 0) is 110 Å². The quantitative estimate of drug-likeness (QED) is 0.0233. The van der Waals surface area contributed by atoms with Gasteiger partial charge in [-0.2, -0.15) is 4.33 Å². The first kappa shape index (κ1) is 55.7. The molecule has 3 atom stereocenters. The molecule has 0 heterocycles. The van der Waals surface area contributed by atoms with Gasteiger partial charge < -0.3 is 28.8 Å². The Morgan fingerprint density at radius 1 is 0.763 bits per heavy atom. The second-order valence-corrected chi connectivity index (χ2v) is 23.9. The third-order valence-electron chi connectivity index (χ3n) is 10.2. The van der Waals surface area contributed by atoms with Gasteiger partial charge in [-0.15, -0.1) is 0 Å². The van der Waals surface area contributed by atoms with Crippen LogP contribution in [0.5, 0.6) is 11.5 Å². The average Bonchev–Trinajstić information content (AvgIpc) is 3.18. The van der Waals surface area contributed by atoms with Gasteiger partial charge >= 0.3 is 37.7 Å². The van der Waals surface area contributed by atoms with E-state index in [2.05, 4.69) is 104 Å². The zero-order valence-corrected chi connectivity index (χ0v) is 39.6. The van der Waals surface area contributed by atoms with Crippen LogP contribution < -0.4 is 52.5 Å². The molecule has 0 aliphatic carbocycles. The van der Waals surface area contributed by atoms with E-state index in [4.69, 9.17) is 18.9 Å². The molecule has 0 N–H and O–H groups in total. The Kier molecular flexibility index (Phi) is 29.0. The summed E-state index contributed by atoms with van der Waals surface area (Å²) in [4.78, 5) is 0. The van der Waals surface area contributed by atoms with Crippen LogP contribution in [-0.4, -0.2) is 65.3 Å². The molecule has 0 aromatic heterocycles. The summed E-state index contributed by atoms with van der Waals surface area (Å²) in [7, 11) is -5.54. The maximum absolute atomic E-state index is 10.9. The number of ether oxygens (including phenoxy) is 4. The van der Waals surface area contributed by atoms with Crippen LogP contribution in [0.2, 0.25) is 25.7 Å². The van der Waals surface area contributed by atoms with Gasteiger partial charge in [0.15, 0.2) is 0 Å². The van der Waals surface area contributed by atoms with E-state index in [1.807, 2.05) is 18.2 Å². The number of hydrogen-bond donors (Lipinski definition) is 0. The van der Waals surface area contributed by atoms with E-state index in [1.165, 1.54) is 22.7 Å². The molecule has 3 unspecified atom stereocenters. The summed E-state index contributed by atoms with van der Waals surface area (Å²) in [5.74, 6) is 2.19. The summed E-state index contributed by atoms with van der Waals surface area (Å²) in [6, 6.07) is 26.6. The van der Waals surface area contributed by atoms with Crippen molar-refractivity contribution < 1.29 is 84.3 Å². The molecule has 3 aromatic carbocycles. The zero-order chi connectivity index (χ0) is 41.5. The average molecular weight is 861 g/mol. The van der Waals surface area contributed by atoms with Crippen LogP contribution in [0, 0.1) is 0 Å². The molecule has 3 aromatic rings. The third-order valence-corrected chi connectivity index (χ3v) is 13.1. The Balaban J connectivity index is 0.00000870. The van der Waals surface area contributed by atoms with Crippen molar-refractivity contribution in [3.05, 3.63) is 95.1 Å². The zero-order valence-electron chi connectivity index (χ0n) is 37.0. The first-order valence-electron chi connectivity index (χ1n) is 20.6. The maximum Gasteiger partial charge on any atom is 1.00 e. The van der Waals surface area contributed by atoms with Crippen LogP contribution in [-0.2, 0) is 35.4 Å². The summed E-state index contributed by atoms with van der Waals surface area (Å²) in [6.45, 7) is 15.8. The number of rotatable bonds is 31. The molecule has 0 fully saturated rings. The van der Waals surface area contributed by atoms with Crippen molar-refractivity contribution in [3.63, 3.8) is 0 Å². The normalized spacial score (nSPS) is 13.3. The van der Waals surface area contributed by atoms with Crippen LogP contribution in [0.1, 0.15) is 112 Å². The predicted molar refractivity (Wildman–Crippen MR) is 229 cm³/mol. The molecular weight excluding hydrogens is 795 g/mol. The van der Waals surface area contributed by atoms with Gasteiger partial charge in [-0.25, -0.2) is 8.42 Å². The topological polar surface area (TPSA) is 136 Å². The molecule has 0 aliphatic rings. The van der Waals surface area contributed by atoms with Crippen molar-refractivity contribution in [3.8, 4) is 11.5 Å². The predicted octanol–water partition coefficient (Wildman–Crippen LogP) is 3.94. The molecule has 0 spiro atoms. The van der Waals surface area contributed by atoms with E-state index in [9.17, 15) is 18.2 Å².